The summed E-state index contributed by atoms with van der Waals surface area (Å²) in [6, 6.07) is 3.06. The number of sulfonamides is 1. The summed E-state index contributed by atoms with van der Waals surface area (Å²) in [5, 5.41) is 0.283. The summed E-state index contributed by atoms with van der Waals surface area (Å²) in [5.41, 5.74) is 0. The molecular formula is C11H13ClN2O2S. The second kappa shape index (κ2) is 4.76. The van der Waals surface area contributed by atoms with Gasteiger partial charge in [0.05, 0.1) is 0 Å². The number of aromatic nitrogens is 1. The SMILES string of the molecule is C=CCN(C1CC1)S(=O)(=O)c1ccc(Cl)nc1. The highest BCUT2D eigenvalue weighted by molar-refractivity contribution is 7.89. The number of halogens is 1. The van der Waals surface area contributed by atoms with E-state index in [4.69, 9.17) is 11.6 Å². The van der Waals surface area contributed by atoms with E-state index in [1.54, 1.807) is 6.08 Å². The smallest absolute Gasteiger partial charge is 0.243 e. The molecule has 0 unspecified atom stereocenters. The van der Waals surface area contributed by atoms with Gasteiger partial charge in [-0.2, -0.15) is 4.31 Å². The van der Waals surface area contributed by atoms with Crippen LogP contribution in [0, 0.1) is 0 Å². The zero-order chi connectivity index (χ0) is 12.5. The van der Waals surface area contributed by atoms with Crippen molar-refractivity contribution in [3.63, 3.8) is 0 Å². The third-order valence-corrected chi connectivity index (χ3v) is 4.70. The normalized spacial score (nSPS) is 16.1. The van der Waals surface area contributed by atoms with Crippen molar-refractivity contribution in [2.24, 2.45) is 0 Å². The van der Waals surface area contributed by atoms with Crippen LogP contribution in [0.4, 0.5) is 0 Å². The van der Waals surface area contributed by atoms with E-state index in [1.165, 1.54) is 22.6 Å². The van der Waals surface area contributed by atoms with Crippen molar-refractivity contribution in [3.8, 4) is 0 Å². The first-order valence-electron chi connectivity index (χ1n) is 5.30. The molecule has 1 saturated carbocycles. The Bertz CT molecular complexity index is 509. The molecule has 92 valence electrons. The van der Waals surface area contributed by atoms with Gasteiger partial charge in [0, 0.05) is 18.8 Å². The lowest BCUT2D eigenvalue weighted by atomic mass is 10.5. The first-order chi connectivity index (χ1) is 8.05. The molecule has 0 bridgehead atoms. The molecule has 0 radical (unpaired) electrons. The first kappa shape index (κ1) is 12.5. The van der Waals surface area contributed by atoms with Gasteiger partial charge in [0.2, 0.25) is 10.0 Å². The van der Waals surface area contributed by atoms with E-state index in [-0.39, 0.29) is 16.1 Å². The summed E-state index contributed by atoms with van der Waals surface area (Å²) in [5.74, 6) is 0. The van der Waals surface area contributed by atoms with E-state index in [0.717, 1.165) is 12.8 Å². The van der Waals surface area contributed by atoms with Crippen LogP contribution in [-0.4, -0.2) is 30.3 Å². The monoisotopic (exact) mass is 272 g/mol. The Morgan fingerprint density at radius 2 is 2.24 bits per heavy atom. The van der Waals surface area contributed by atoms with E-state index < -0.39 is 10.0 Å². The Morgan fingerprint density at radius 1 is 1.53 bits per heavy atom. The third-order valence-electron chi connectivity index (χ3n) is 2.57. The molecule has 1 aliphatic carbocycles. The molecule has 0 aliphatic heterocycles. The molecule has 0 saturated heterocycles. The average molecular weight is 273 g/mol. The molecule has 0 aromatic carbocycles. The third kappa shape index (κ3) is 2.68. The lowest BCUT2D eigenvalue weighted by Crippen LogP contribution is -2.33. The van der Waals surface area contributed by atoms with Crippen molar-refractivity contribution >= 4 is 21.6 Å². The minimum atomic E-state index is -3.48. The molecule has 6 heteroatoms. The van der Waals surface area contributed by atoms with E-state index >= 15 is 0 Å². The van der Waals surface area contributed by atoms with Crippen molar-refractivity contribution in [3.05, 3.63) is 36.1 Å². The molecule has 1 heterocycles. The standard InChI is InChI=1S/C11H13ClN2O2S/c1-2-7-14(9-3-4-9)17(15,16)10-5-6-11(12)13-8-10/h2,5-6,8-9H,1,3-4,7H2. The van der Waals surface area contributed by atoms with Gasteiger partial charge in [0.25, 0.3) is 0 Å². The van der Waals surface area contributed by atoms with Crippen LogP contribution in [0.1, 0.15) is 12.8 Å². The fraction of sp³-hybridized carbons (Fsp3) is 0.364. The van der Waals surface area contributed by atoms with Crippen LogP contribution in [-0.2, 0) is 10.0 Å². The molecule has 1 fully saturated rings. The van der Waals surface area contributed by atoms with E-state index in [1.807, 2.05) is 0 Å². The largest absolute Gasteiger partial charge is 0.245 e. The van der Waals surface area contributed by atoms with Gasteiger partial charge < -0.3 is 0 Å². The molecule has 0 spiro atoms. The van der Waals surface area contributed by atoms with Crippen LogP contribution in [0.3, 0.4) is 0 Å². The topological polar surface area (TPSA) is 50.3 Å². The Labute approximate surface area is 106 Å². The summed E-state index contributed by atoms with van der Waals surface area (Å²) >= 11 is 5.64. The van der Waals surface area contributed by atoms with Crippen LogP contribution in [0.5, 0.6) is 0 Å². The number of hydrogen-bond acceptors (Lipinski definition) is 3. The van der Waals surface area contributed by atoms with E-state index in [0.29, 0.717) is 6.54 Å². The van der Waals surface area contributed by atoms with Crippen molar-refractivity contribution in [2.45, 2.75) is 23.8 Å². The molecule has 0 N–H and O–H groups in total. The lowest BCUT2D eigenvalue weighted by molar-refractivity contribution is 0.435. The Kier molecular flexibility index (Phi) is 3.51. The minimum Gasteiger partial charge on any atom is -0.243 e. The second-order valence-corrected chi connectivity index (χ2v) is 6.19. The van der Waals surface area contributed by atoms with Gasteiger partial charge in [-0.15, -0.1) is 6.58 Å². The van der Waals surface area contributed by atoms with E-state index in [2.05, 4.69) is 11.6 Å². The number of hydrogen-bond donors (Lipinski definition) is 0. The van der Waals surface area contributed by atoms with Crippen molar-refractivity contribution in [1.82, 2.24) is 9.29 Å². The lowest BCUT2D eigenvalue weighted by Gasteiger charge is -2.19. The first-order valence-corrected chi connectivity index (χ1v) is 7.12. The quantitative estimate of drug-likeness (QED) is 0.609. The minimum absolute atomic E-state index is 0.105. The predicted molar refractivity (Wildman–Crippen MR) is 66.4 cm³/mol. The maximum atomic E-state index is 12.3. The highest BCUT2D eigenvalue weighted by Gasteiger charge is 2.37. The molecule has 17 heavy (non-hydrogen) atoms. The van der Waals surface area contributed by atoms with Gasteiger partial charge in [0.15, 0.2) is 0 Å². The number of nitrogens with zero attached hydrogens (tertiary/aromatic N) is 2. The number of rotatable bonds is 5. The highest BCUT2D eigenvalue weighted by Crippen LogP contribution is 2.31. The van der Waals surface area contributed by atoms with Crippen molar-refractivity contribution in [2.75, 3.05) is 6.54 Å². The van der Waals surface area contributed by atoms with Crippen LogP contribution >= 0.6 is 11.6 Å². The molecular weight excluding hydrogens is 260 g/mol. The molecule has 0 atom stereocenters. The van der Waals surface area contributed by atoms with Gasteiger partial charge in [-0.1, -0.05) is 17.7 Å². The summed E-state index contributed by atoms with van der Waals surface area (Å²) in [6.07, 6.45) is 4.71. The van der Waals surface area contributed by atoms with E-state index in [9.17, 15) is 8.42 Å². The Balaban J connectivity index is 2.33. The molecule has 4 nitrogen and oxygen atoms in total. The molecule has 1 aliphatic rings. The van der Waals surface area contributed by atoms with Crippen molar-refractivity contribution < 1.29 is 8.42 Å². The molecule has 1 aromatic heterocycles. The molecule has 1 aromatic rings. The maximum Gasteiger partial charge on any atom is 0.245 e. The fourth-order valence-corrected chi connectivity index (χ4v) is 3.30. The Morgan fingerprint density at radius 3 is 2.71 bits per heavy atom. The van der Waals surface area contributed by atoms with Gasteiger partial charge in [-0.3, -0.25) is 0 Å². The molecule has 0 amide bonds. The average Bonchev–Trinajstić information content (AvgIpc) is 3.10. The zero-order valence-electron chi connectivity index (χ0n) is 9.21. The van der Waals surface area contributed by atoms with Crippen LogP contribution in [0.25, 0.3) is 0 Å². The van der Waals surface area contributed by atoms with Crippen molar-refractivity contribution in [1.29, 1.82) is 0 Å². The van der Waals surface area contributed by atoms with Gasteiger partial charge in [-0.05, 0) is 25.0 Å². The summed E-state index contributed by atoms with van der Waals surface area (Å²) < 4.78 is 26.1. The second-order valence-electron chi connectivity index (χ2n) is 3.91. The number of pyridine rings is 1. The summed E-state index contributed by atoms with van der Waals surface area (Å²) in [6.45, 7) is 3.92. The summed E-state index contributed by atoms with van der Waals surface area (Å²) in [4.78, 5) is 3.98. The van der Waals surface area contributed by atoms with Crippen LogP contribution in [0.2, 0.25) is 5.15 Å². The van der Waals surface area contributed by atoms with Crippen LogP contribution in [0.15, 0.2) is 35.9 Å². The predicted octanol–water partition coefficient (Wildman–Crippen LogP) is 2.07. The Hall–Kier alpha value is -0.910. The maximum absolute atomic E-state index is 12.3. The fourth-order valence-electron chi connectivity index (χ4n) is 1.58. The zero-order valence-corrected chi connectivity index (χ0v) is 10.8. The molecule has 2 rings (SSSR count). The van der Waals surface area contributed by atoms with Crippen LogP contribution < -0.4 is 0 Å². The summed E-state index contributed by atoms with van der Waals surface area (Å²) in [7, 11) is -3.48. The van der Waals surface area contributed by atoms with Gasteiger partial charge >= 0.3 is 0 Å². The van der Waals surface area contributed by atoms with Gasteiger partial charge in [0.1, 0.15) is 10.0 Å². The highest BCUT2D eigenvalue weighted by atomic mass is 35.5. The van der Waals surface area contributed by atoms with Gasteiger partial charge in [-0.25, -0.2) is 13.4 Å².